The van der Waals surface area contributed by atoms with Crippen molar-refractivity contribution in [3.8, 4) is 5.75 Å². The van der Waals surface area contributed by atoms with Crippen molar-refractivity contribution >= 4 is 11.8 Å². The zero-order valence-electron chi connectivity index (χ0n) is 12.0. The summed E-state index contributed by atoms with van der Waals surface area (Å²) in [6, 6.07) is 7.28. The number of para-hydroxylation sites is 1. The molecular weight excluding hydrogens is 256 g/mol. The second kappa shape index (κ2) is 6.41. The van der Waals surface area contributed by atoms with Gasteiger partial charge in [-0.2, -0.15) is 0 Å². The lowest BCUT2D eigenvalue weighted by Gasteiger charge is -2.34. The van der Waals surface area contributed by atoms with Crippen molar-refractivity contribution in [2.45, 2.75) is 13.8 Å². The van der Waals surface area contributed by atoms with Gasteiger partial charge in [-0.15, -0.1) is 0 Å². The van der Waals surface area contributed by atoms with Crippen molar-refractivity contribution in [1.82, 2.24) is 9.80 Å². The summed E-state index contributed by atoms with van der Waals surface area (Å²) >= 11 is 0. The van der Waals surface area contributed by atoms with Gasteiger partial charge in [0, 0.05) is 33.1 Å². The van der Waals surface area contributed by atoms with E-state index in [2.05, 4.69) is 0 Å². The van der Waals surface area contributed by atoms with Crippen molar-refractivity contribution in [3.05, 3.63) is 29.8 Å². The first-order valence-corrected chi connectivity index (χ1v) is 6.90. The number of ether oxygens (including phenoxy) is 1. The van der Waals surface area contributed by atoms with Crippen LogP contribution in [0.1, 0.15) is 24.2 Å². The second-order valence-corrected chi connectivity index (χ2v) is 4.73. The summed E-state index contributed by atoms with van der Waals surface area (Å²) in [5, 5.41) is 0. The predicted octanol–water partition coefficient (Wildman–Crippen LogP) is 1.39. The molecular formula is C15H20N2O3. The van der Waals surface area contributed by atoms with Crippen LogP contribution in [0, 0.1) is 0 Å². The molecule has 0 atom stereocenters. The Kier molecular flexibility index (Phi) is 4.61. The minimum absolute atomic E-state index is 0.0303. The maximum absolute atomic E-state index is 12.5. The maximum atomic E-state index is 12.5. The molecule has 1 heterocycles. The number of nitrogens with zero attached hydrogens (tertiary/aromatic N) is 2. The minimum Gasteiger partial charge on any atom is -0.493 e. The number of benzene rings is 1. The van der Waals surface area contributed by atoms with Crippen molar-refractivity contribution in [3.63, 3.8) is 0 Å². The van der Waals surface area contributed by atoms with E-state index in [4.69, 9.17) is 4.74 Å². The molecule has 1 aliphatic heterocycles. The van der Waals surface area contributed by atoms with E-state index in [0.717, 1.165) is 0 Å². The number of rotatable bonds is 3. The Bertz CT molecular complexity index is 494. The van der Waals surface area contributed by atoms with E-state index in [9.17, 15) is 9.59 Å². The van der Waals surface area contributed by atoms with Gasteiger partial charge in [0.15, 0.2) is 0 Å². The van der Waals surface area contributed by atoms with Crippen molar-refractivity contribution in [2.75, 3.05) is 32.8 Å². The molecule has 2 amide bonds. The molecule has 2 rings (SSSR count). The maximum Gasteiger partial charge on any atom is 0.257 e. The zero-order valence-corrected chi connectivity index (χ0v) is 12.0. The smallest absolute Gasteiger partial charge is 0.257 e. The van der Waals surface area contributed by atoms with E-state index in [0.29, 0.717) is 44.1 Å². The van der Waals surface area contributed by atoms with Crippen LogP contribution in [0.15, 0.2) is 24.3 Å². The molecule has 0 saturated carbocycles. The highest BCUT2D eigenvalue weighted by Crippen LogP contribution is 2.20. The average Bonchev–Trinajstić information content (AvgIpc) is 2.47. The van der Waals surface area contributed by atoms with Gasteiger partial charge in [0.2, 0.25) is 5.91 Å². The van der Waals surface area contributed by atoms with Gasteiger partial charge >= 0.3 is 0 Å². The first kappa shape index (κ1) is 14.4. The molecule has 0 N–H and O–H groups in total. The average molecular weight is 276 g/mol. The number of hydrogen-bond acceptors (Lipinski definition) is 3. The molecule has 1 fully saturated rings. The van der Waals surface area contributed by atoms with Crippen LogP contribution < -0.4 is 4.74 Å². The predicted molar refractivity (Wildman–Crippen MR) is 75.8 cm³/mol. The molecule has 5 nitrogen and oxygen atoms in total. The molecule has 5 heteroatoms. The van der Waals surface area contributed by atoms with Gasteiger partial charge in [-0.1, -0.05) is 12.1 Å². The Hall–Kier alpha value is -2.04. The summed E-state index contributed by atoms with van der Waals surface area (Å²) in [6.45, 7) is 6.31. The first-order valence-electron chi connectivity index (χ1n) is 6.90. The summed E-state index contributed by atoms with van der Waals surface area (Å²) in [5.41, 5.74) is 0.589. The van der Waals surface area contributed by atoms with Crippen LogP contribution in [-0.2, 0) is 4.79 Å². The second-order valence-electron chi connectivity index (χ2n) is 4.73. The van der Waals surface area contributed by atoms with E-state index in [-0.39, 0.29) is 11.8 Å². The highest BCUT2D eigenvalue weighted by Gasteiger charge is 2.24. The van der Waals surface area contributed by atoms with Crippen LogP contribution in [0.3, 0.4) is 0 Å². The van der Waals surface area contributed by atoms with Gasteiger partial charge in [0.05, 0.1) is 12.2 Å². The van der Waals surface area contributed by atoms with E-state index >= 15 is 0 Å². The molecule has 1 aromatic carbocycles. The summed E-state index contributed by atoms with van der Waals surface area (Å²) in [7, 11) is 0. The minimum atomic E-state index is -0.0303. The fourth-order valence-electron chi connectivity index (χ4n) is 2.32. The van der Waals surface area contributed by atoms with E-state index < -0.39 is 0 Å². The molecule has 0 aromatic heterocycles. The SMILES string of the molecule is CCOc1ccccc1C(=O)N1CCN(C(C)=O)CC1. The van der Waals surface area contributed by atoms with Crippen molar-refractivity contribution < 1.29 is 14.3 Å². The summed E-state index contributed by atoms with van der Waals surface area (Å²) in [5.74, 6) is 0.651. The quantitative estimate of drug-likeness (QED) is 0.838. The van der Waals surface area contributed by atoms with E-state index in [1.165, 1.54) is 0 Å². The normalized spacial score (nSPS) is 15.1. The van der Waals surface area contributed by atoms with E-state index in [1.807, 2.05) is 25.1 Å². The summed E-state index contributed by atoms with van der Waals surface area (Å²) in [6.07, 6.45) is 0. The first-order chi connectivity index (χ1) is 9.63. The van der Waals surface area contributed by atoms with Crippen molar-refractivity contribution in [1.29, 1.82) is 0 Å². The van der Waals surface area contributed by atoms with Gasteiger partial charge in [-0.05, 0) is 19.1 Å². The number of hydrogen-bond donors (Lipinski definition) is 0. The fraction of sp³-hybridized carbons (Fsp3) is 0.467. The molecule has 1 saturated heterocycles. The van der Waals surface area contributed by atoms with Gasteiger partial charge in [-0.3, -0.25) is 9.59 Å². The third-order valence-corrected chi connectivity index (χ3v) is 3.43. The Morgan fingerprint density at radius 2 is 1.70 bits per heavy atom. The number of amides is 2. The zero-order chi connectivity index (χ0) is 14.5. The number of carbonyl (C=O) groups excluding carboxylic acids is 2. The Labute approximate surface area is 119 Å². The van der Waals surface area contributed by atoms with Crippen LogP contribution >= 0.6 is 0 Å². The van der Waals surface area contributed by atoms with Crippen LogP contribution in [0.25, 0.3) is 0 Å². The molecule has 0 bridgehead atoms. The molecule has 1 aliphatic rings. The highest BCUT2D eigenvalue weighted by atomic mass is 16.5. The molecule has 0 unspecified atom stereocenters. The van der Waals surface area contributed by atoms with Crippen LogP contribution in [-0.4, -0.2) is 54.4 Å². The van der Waals surface area contributed by atoms with Crippen LogP contribution in [0.5, 0.6) is 5.75 Å². The number of carbonyl (C=O) groups is 2. The lowest BCUT2D eigenvalue weighted by molar-refractivity contribution is -0.130. The monoisotopic (exact) mass is 276 g/mol. The van der Waals surface area contributed by atoms with Gasteiger partial charge in [-0.25, -0.2) is 0 Å². The third-order valence-electron chi connectivity index (χ3n) is 3.43. The van der Waals surface area contributed by atoms with E-state index in [1.54, 1.807) is 22.8 Å². The Morgan fingerprint density at radius 3 is 2.30 bits per heavy atom. The topological polar surface area (TPSA) is 49.9 Å². The fourth-order valence-corrected chi connectivity index (χ4v) is 2.32. The molecule has 0 spiro atoms. The van der Waals surface area contributed by atoms with Crippen LogP contribution in [0.4, 0.5) is 0 Å². The Balaban J connectivity index is 2.07. The Morgan fingerprint density at radius 1 is 1.10 bits per heavy atom. The lowest BCUT2D eigenvalue weighted by Crippen LogP contribution is -2.50. The largest absolute Gasteiger partial charge is 0.493 e. The highest BCUT2D eigenvalue weighted by molar-refractivity contribution is 5.97. The third kappa shape index (κ3) is 3.10. The molecule has 108 valence electrons. The van der Waals surface area contributed by atoms with Gasteiger partial charge in [0.25, 0.3) is 5.91 Å². The molecule has 0 radical (unpaired) electrons. The van der Waals surface area contributed by atoms with Gasteiger partial charge < -0.3 is 14.5 Å². The summed E-state index contributed by atoms with van der Waals surface area (Å²) in [4.78, 5) is 27.3. The standard InChI is InChI=1S/C15H20N2O3/c1-3-20-14-7-5-4-6-13(14)15(19)17-10-8-16(9-11-17)12(2)18/h4-7H,3,8-11H2,1-2H3. The molecule has 20 heavy (non-hydrogen) atoms. The lowest BCUT2D eigenvalue weighted by atomic mass is 10.1. The van der Waals surface area contributed by atoms with Crippen molar-refractivity contribution in [2.24, 2.45) is 0 Å². The summed E-state index contributed by atoms with van der Waals surface area (Å²) < 4.78 is 5.50. The van der Waals surface area contributed by atoms with Gasteiger partial charge in [0.1, 0.15) is 5.75 Å². The number of piperazine rings is 1. The van der Waals surface area contributed by atoms with Crippen LogP contribution in [0.2, 0.25) is 0 Å². The molecule has 0 aliphatic carbocycles. The molecule has 1 aromatic rings.